The molecule has 0 atom stereocenters. The Morgan fingerprint density at radius 1 is 1.21 bits per heavy atom. The number of hydrogen-bond acceptors (Lipinski definition) is 4. The third-order valence-electron chi connectivity index (χ3n) is 3.12. The Balaban J connectivity index is 2.31. The molecule has 6 heteroatoms. The van der Waals surface area contributed by atoms with Crippen LogP contribution >= 0.6 is 0 Å². The minimum atomic E-state index is -3.55. The standard InChI is InChI=1S/C13H19NO4S/c1-4-13(2,3)14-19(15,16)10-5-6-11-12(9-10)18-8-7-17-11/h5-6,9,14H,4,7-8H2,1-3H3. The van der Waals surface area contributed by atoms with Crippen LogP contribution in [0.2, 0.25) is 0 Å². The number of fused-ring (bicyclic) bond motifs is 1. The molecule has 106 valence electrons. The van der Waals surface area contributed by atoms with E-state index in [-0.39, 0.29) is 4.90 Å². The Morgan fingerprint density at radius 3 is 2.47 bits per heavy atom. The first kappa shape index (κ1) is 14.1. The van der Waals surface area contributed by atoms with Crippen LogP contribution < -0.4 is 14.2 Å². The van der Waals surface area contributed by atoms with Crippen LogP contribution in [0.3, 0.4) is 0 Å². The van der Waals surface area contributed by atoms with Crippen LogP contribution in [0.25, 0.3) is 0 Å². The van der Waals surface area contributed by atoms with Gasteiger partial charge < -0.3 is 9.47 Å². The van der Waals surface area contributed by atoms with E-state index in [4.69, 9.17) is 9.47 Å². The van der Waals surface area contributed by atoms with Gasteiger partial charge in [0, 0.05) is 11.6 Å². The number of hydrogen-bond donors (Lipinski definition) is 1. The Labute approximate surface area is 114 Å². The van der Waals surface area contributed by atoms with Gasteiger partial charge in [0.1, 0.15) is 13.2 Å². The fourth-order valence-electron chi connectivity index (χ4n) is 1.69. The lowest BCUT2D eigenvalue weighted by Crippen LogP contribution is -2.42. The normalized spacial score (nSPS) is 15.3. The van der Waals surface area contributed by atoms with Crippen molar-refractivity contribution in [2.75, 3.05) is 13.2 Å². The highest BCUT2D eigenvalue weighted by Gasteiger charge is 2.26. The first-order valence-corrected chi connectivity index (χ1v) is 7.76. The summed E-state index contributed by atoms with van der Waals surface area (Å²) in [6.45, 7) is 6.56. The third-order valence-corrected chi connectivity index (χ3v) is 4.81. The van der Waals surface area contributed by atoms with E-state index in [0.717, 1.165) is 0 Å². The van der Waals surface area contributed by atoms with Crippen LogP contribution in [-0.2, 0) is 10.0 Å². The van der Waals surface area contributed by atoms with Crippen molar-refractivity contribution in [2.45, 2.75) is 37.6 Å². The number of benzene rings is 1. The van der Waals surface area contributed by atoms with Crippen LogP contribution in [0.4, 0.5) is 0 Å². The maximum atomic E-state index is 12.3. The van der Waals surface area contributed by atoms with Crippen LogP contribution in [-0.4, -0.2) is 27.2 Å². The van der Waals surface area contributed by atoms with Gasteiger partial charge >= 0.3 is 0 Å². The van der Waals surface area contributed by atoms with E-state index in [0.29, 0.717) is 31.1 Å². The van der Waals surface area contributed by atoms with E-state index < -0.39 is 15.6 Å². The number of rotatable bonds is 4. The van der Waals surface area contributed by atoms with E-state index in [1.54, 1.807) is 6.07 Å². The van der Waals surface area contributed by atoms with E-state index in [1.807, 2.05) is 20.8 Å². The van der Waals surface area contributed by atoms with Crippen molar-refractivity contribution < 1.29 is 17.9 Å². The molecule has 0 aromatic heterocycles. The zero-order chi connectivity index (χ0) is 14.1. The molecule has 0 aliphatic carbocycles. The Morgan fingerprint density at radius 2 is 1.84 bits per heavy atom. The summed E-state index contributed by atoms with van der Waals surface area (Å²) in [5, 5.41) is 0. The predicted molar refractivity (Wildman–Crippen MR) is 72.1 cm³/mol. The van der Waals surface area contributed by atoms with Crippen molar-refractivity contribution in [3.05, 3.63) is 18.2 Å². The summed E-state index contributed by atoms with van der Waals surface area (Å²) in [5.74, 6) is 1.06. The summed E-state index contributed by atoms with van der Waals surface area (Å²) in [6, 6.07) is 4.66. The Hall–Kier alpha value is -1.27. The number of ether oxygens (including phenoxy) is 2. The highest BCUT2D eigenvalue weighted by molar-refractivity contribution is 7.89. The van der Waals surface area contributed by atoms with Crippen molar-refractivity contribution in [1.82, 2.24) is 4.72 Å². The highest BCUT2D eigenvalue weighted by atomic mass is 32.2. The maximum absolute atomic E-state index is 12.3. The average molecular weight is 285 g/mol. The van der Waals surface area contributed by atoms with Gasteiger partial charge in [0.05, 0.1) is 4.90 Å². The molecule has 1 aliphatic rings. The average Bonchev–Trinajstić information content (AvgIpc) is 2.37. The van der Waals surface area contributed by atoms with Crippen LogP contribution in [0, 0.1) is 0 Å². The topological polar surface area (TPSA) is 64.6 Å². The van der Waals surface area contributed by atoms with Crippen molar-refractivity contribution in [3.63, 3.8) is 0 Å². The fraction of sp³-hybridized carbons (Fsp3) is 0.538. The molecule has 1 heterocycles. The van der Waals surface area contributed by atoms with Crippen LogP contribution in [0.1, 0.15) is 27.2 Å². The molecule has 0 fully saturated rings. The number of sulfonamides is 1. The van der Waals surface area contributed by atoms with Gasteiger partial charge in [0.25, 0.3) is 0 Å². The summed E-state index contributed by atoms with van der Waals surface area (Å²) in [7, 11) is -3.55. The second-order valence-corrected chi connectivity index (χ2v) is 6.83. The summed E-state index contributed by atoms with van der Waals surface area (Å²) in [5.41, 5.74) is -0.480. The van der Waals surface area contributed by atoms with Crippen molar-refractivity contribution in [1.29, 1.82) is 0 Å². The second-order valence-electron chi connectivity index (χ2n) is 5.15. The predicted octanol–water partition coefficient (Wildman–Crippen LogP) is 1.92. The second kappa shape index (κ2) is 5.02. The lowest BCUT2D eigenvalue weighted by Gasteiger charge is -2.25. The zero-order valence-corrected chi connectivity index (χ0v) is 12.2. The lowest BCUT2D eigenvalue weighted by atomic mass is 10.0. The van der Waals surface area contributed by atoms with Gasteiger partial charge in [-0.25, -0.2) is 13.1 Å². The molecule has 0 amide bonds. The molecule has 0 saturated carbocycles. The van der Waals surface area contributed by atoms with Gasteiger partial charge in [-0.1, -0.05) is 6.92 Å². The lowest BCUT2D eigenvalue weighted by molar-refractivity contribution is 0.171. The summed E-state index contributed by atoms with van der Waals surface area (Å²) < 4.78 is 38.0. The van der Waals surface area contributed by atoms with Gasteiger partial charge in [-0.2, -0.15) is 0 Å². The molecule has 2 rings (SSSR count). The van der Waals surface area contributed by atoms with E-state index in [2.05, 4.69) is 4.72 Å². The first-order valence-electron chi connectivity index (χ1n) is 6.28. The quantitative estimate of drug-likeness (QED) is 0.918. The Kier molecular flexibility index (Phi) is 3.73. The molecule has 19 heavy (non-hydrogen) atoms. The Bertz CT molecular complexity index is 566. The molecule has 0 saturated heterocycles. The van der Waals surface area contributed by atoms with E-state index in [9.17, 15) is 8.42 Å². The molecule has 5 nitrogen and oxygen atoms in total. The summed E-state index contributed by atoms with van der Waals surface area (Å²) in [4.78, 5) is 0.193. The van der Waals surface area contributed by atoms with Crippen LogP contribution in [0.5, 0.6) is 11.5 Å². The first-order chi connectivity index (χ1) is 8.84. The minimum Gasteiger partial charge on any atom is -0.486 e. The molecule has 0 spiro atoms. The highest BCUT2D eigenvalue weighted by Crippen LogP contribution is 2.32. The molecule has 0 bridgehead atoms. The van der Waals surface area contributed by atoms with Gasteiger partial charge in [-0.15, -0.1) is 0 Å². The zero-order valence-electron chi connectivity index (χ0n) is 11.4. The smallest absolute Gasteiger partial charge is 0.241 e. The molecular formula is C13H19NO4S. The minimum absolute atomic E-state index is 0.193. The van der Waals surface area contributed by atoms with Crippen molar-refractivity contribution >= 4 is 10.0 Å². The van der Waals surface area contributed by atoms with Gasteiger partial charge in [-0.3, -0.25) is 0 Å². The molecule has 1 aliphatic heterocycles. The van der Waals surface area contributed by atoms with Crippen molar-refractivity contribution in [2.24, 2.45) is 0 Å². The molecule has 1 aromatic rings. The maximum Gasteiger partial charge on any atom is 0.241 e. The SMILES string of the molecule is CCC(C)(C)NS(=O)(=O)c1ccc2c(c1)OCCO2. The van der Waals surface area contributed by atoms with Gasteiger partial charge in [0.15, 0.2) is 11.5 Å². The summed E-state index contributed by atoms with van der Waals surface area (Å²) >= 11 is 0. The number of nitrogens with one attached hydrogen (secondary N) is 1. The largest absolute Gasteiger partial charge is 0.486 e. The third kappa shape index (κ3) is 3.19. The van der Waals surface area contributed by atoms with Crippen molar-refractivity contribution in [3.8, 4) is 11.5 Å². The molecule has 0 unspecified atom stereocenters. The van der Waals surface area contributed by atoms with Gasteiger partial charge in [0.2, 0.25) is 10.0 Å². The van der Waals surface area contributed by atoms with Gasteiger partial charge in [-0.05, 0) is 32.4 Å². The van der Waals surface area contributed by atoms with Crippen LogP contribution in [0.15, 0.2) is 23.1 Å². The molecule has 0 radical (unpaired) electrons. The summed E-state index contributed by atoms with van der Waals surface area (Å²) in [6.07, 6.45) is 0.705. The molecule has 1 N–H and O–H groups in total. The van der Waals surface area contributed by atoms with E-state index in [1.165, 1.54) is 12.1 Å². The van der Waals surface area contributed by atoms with E-state index >= 15 is 0 Å². The fourth-order valence-corrected chi connectivity index (χ4v) is 3.18. The molecular weight excluding hydrogens is 266 g/mol. The molecule has 1 aromatic carbocycles. The monoisotopic (exact) mass is 285 g/mol.